The molecular weight excluding hydrogens is 524 g/mol. The number of hydrogen-bond acceptors (Lipinski definition) is 7. The number of nitrogens with zero attached hydrogens (tertiary/aromatic N) is 1. The van der Waals surface area contributed by atoms with Crippen LogP contribution >= 0.6 is 0 Å². The Bertz CT molecular complexity index is 1520. The maximum Gasteiger partial charge on any atom is 0.338 e. The molecule has 2 bridgehead atoms. The fourth-order valence-electron chi connectivity index (χ4n) is 6.76. The molecule has 208 valence electrons. The number of imide groups is 1. The molecule has 5 atom stereocenters. The van der Waals surface area contributed by atoms with Gasteiger partial charge in [0.2, 0.25) is 11.8 Å². The molecular formula is C32H28N2O7. The molecule has 41 heavy (non-hydrogen) atoms. The molecule has 3 aromatic rings. The molecule has 1 aliphatic heterocycles. The quantitative estimate of drug-likeness (QED) is 0.345. The Morgan fingerprint density at radius 1 is 0.805 bits per heavy atom. The van der Waals surface area contributed by atoms with Gasteiger partial charge in [0.05, 0.1) is 35.8 Å². The van der Waals surface area contributed by atoms with Crippen LogP contribution in [0.4, 0.5) is 11.4 Å². The highest BCUT2D eigenvalue weighted by Gasteiger charge is 2.64. The third-order valence-corrected chi connectivity index (χ3v) is 8.53. The molecule has 0 aromatic heterocycles. The van der Waals surface area contributed by atoms with Gasteiger partial charge in [-0.15, -0.1) is 0 Å². The summed E-state index contributed by atoms with van der Waals surface area (Å²) in [7, 11) is 1.28. The van der Waals surface area contributed by atoms with Gasteiger partial charge in [-0.1, -0.05) is 30.3 Å². The number of amides is 3. The van der Waals surface area contributed by atoms with Crippen molar-refractivity contribution in [3.63, 3.8) is 0 Å². The van der Waals surface area contributed by atoms with Gasteiger partial charge in [-0.05, 0) is 84.7 Å². The minimum atomic E-state index is -0.715. The molecule has 3 aromatic carbocycles. The Labute approximate surface area is 236 Å². The lowest BCUT2D eigenvalue weighted by Crippen LogP contribution is -2.33. The second kappa shape index (κ2) is 10.6. The van der Waals surface area contributed by atoms with E-state index in [1.54, 1.807) is 12.1 Å². The molecule has 1 heterocycles. The van der Waals surface area contributed by atoms with Gasteiger partial charge < -0.3 is 14.8 Å². The van der Waals surface area contributed by atoms with Crippen molar-refractivity contribution < 1.29 is 33.4 Å². The van der Waals surface area contributed by atoms with E-state index in [0.717, 1.165) is 12.8 Å². The lowest BCUT2D eigenvalue weighted by Gasteiger charge is -2.28. The summed E-state index contributed by atoms with van der Waals surface area (Å²) < 4.78 is 9.77. The van der Waals surface area contributed by atoms with Gasteiger partial charge in [0, 0.05) is 5.69 Å². The van der Waals surface area contributed by atoms with Gasteiger partial charge in [-0.2, -0.15) is 0 Å². The zero-order valence-corrected chi connectivity index (χ0v) is 22.3. The first kappa shape index (κ1) is 26.4. The Morgan fingerprint density at radius 3 is 2.12 bits per heavy atom. The molecule has 9 heteroatoms. The van der Waals surface area contributed by atoms with Crippen molar-refractivity contribution in [2.75, 3.05) is 23.9 Å². The number of nitrogens with one attached hydrogen (secondary N) is 1. The molecule has 9 nitrogen and oxygen atoms in total. The Morgan fingerprint density at radius 2 is 1.44 bits per heavy atom. The number of esters is 2. The van der Waals surface area contributed by atoms with E-state index in [0.29, 0.717) is 16.9 Å². The second-order valence-corrected chi connectivity index (χ2v) is 10.7. The molecule has 1 N–H and O–H groups in total. The fourth-order valence-corrected chi connectivity index (χ4v) is 6.76. The average molecular weight is 553 g/mol. The van der Waals surface area contributed by atoms with Crippen LogP contribution in [0.3, 0.4) is 0 Å². The number of benzene rings is 3. The van der Waals surface area contributed by atoms with Crippen molar-refractivity contribution in [1.82, 2.24) is 0 Å². The van der Waals surface area contributed by atoms with Gasteiger partial charge in [-0.3, -0.25) is 19.3 Å². The number of methoxy groups -OCH3 is 1. The maximum absolute atomic E-state index is 13.5. The predicted octanol–water partition coefficient (Wildman–Crippen LogP) is 4.20. The van der Waals surface area contributed by atoms with E-state index in [9.17, 15) is 24.0 Å². The van der Waals surface area contributed by atoms with Crippen LogP contribution < -0.4 is 10.2 Å². The minimum absolute atomic E-state index is 0.153. The van der Waals surface area contributed by atoms with Crippen LogP contribution in [0.25, 0.3) is 0 Å². The normalized spacial score (nSPS) is 24.2. The molecule has 3 fully saturated rings. The Balaban J connectivity index is 1.06. The van der Waals surface area contributed by atoms with E-state index in [-0.39, 0.29) is 47.0 Å². The first-order chi connectivity index (χ1) is 19.9. The van der Waals surface area contributed by atoms with Crippen molar-refractivity contribution in [2.24, 2.45) is 23.7 Å². The molecule has 1 saturated heterocycles. The third kappa shape index (κ3) is 4.77. The first-order valence-corrected chi connectivity index (χ1v) is 13.5. The average Bonchev–Trinajstić information content (AvgIpc) is 3.67. The standard InChI is InChI=1S/C32H28N2O7/c1-40-31(38)19-7-11-22(12-8-19)33-26(35)17-41-32(39)20-9-13-23(14-10-20)34-29(36)27-21-15-24(18-5-3-2-4-6-18)25(16-21)28(27)30(34)37/h2-14,21,24-25,27-28H,15-17H2,1H3,(H,33,35)/t21-,24-,25+,27+,28-/m0/s1. The third-order valence-electron chi connectivity index (χ3n) is 8.53. The summed E-state index contributed by atoms with van der Waals surface area (Å²) >= 11 is 0. The number of ether oxygens (including phenoxy) is 2. The van der Waals surface area contributed by atoms with Crippen molar-refractivity contribution in [3.05, 3.63) is 95.6 Å². The summed E-state index contributed by atoms with van der Waals surface area (Å²) in [6.45, 7) is -0.517. The zero-order valence-electron chi connectivity index (χ0n) is 22.3. The van der Waals surface area contributed by atoms with Crippen molar-refractivity contribution in [3.8, 4) is 0 Å². The van der Waals surface area contributed by atoms with Crippen molar-refractivity contribution in [2.45, 2.75) is 18.8 Å². The minimum Gasteiger partial charge on any atom is -0.465 e. The van der Waals surface area contributed by atoms with Crippen LogP contribution in [0.1, 0.15) is 45.0 Å². The van der Waals surface area contributed by atoms with Gasteiger partial charge in [0.1, 0.15) is 0 Å². The van der Waals surface area contributed by atoms with E-state index in [4.69, 9.17) is 4.74 Å². The maximum atomic E-state index is 13.5. The molecule has 2 aliphatic carbocycles. The van der Waals surface area contributed by atoms with Crippen molar-refractivity contribution >= 4 is 41.0 Å². The highest BCUT2D eigenvalue weighted by Crippen LogP contribution is 2.61. The SMILES string of the molecule is COC(=O)c1ccc(NC(=O)COC(=O)c2ccc(N3C(=O)[C@@H]4[C@@H]5C[C@@H]([C@@H]4C3=O)[C@H](c3ccccc3)C5)cc2)cc1. The number of anilines is 2. The van der Waals surface area contributed by atoms with Crippen LogP contribution in [0.15, 0.2) is 78.9 Å². The van der Waals surface area contributed by atoms with Crippen LogP contribution in [0.2, 0.25) is 0 Å². The molecule has 0 unspecified atom stereocenters. The zero-order chi connectivity index (χ0) is 28.7. The summed E-state index contributed by atoms with van der Waals surface area (Å²) in [5, 5.41) is 2.58. The van der Waals surface area contributed by atoms with Gasteiger partial charge in [0.15, 0.2) is 6.61 Å². The number of hydrogen-bond donors (Lipinski definition) is 1. The lowest BCUT2D eigenvalue weighted by molar-refractivity contribution is -0.123. The Hall–Kier alpha value is -4.79. The van der Waals surface area contributed by atoms with E-state index in [1.807, 2.05) is 18.2 Å². The summed E-state index contributed by atoms with van der Waals surface area (Å²) in [5.41, 5.74) is 2.60. The monoisotopic (exact) mass is 552 g/mol. The van der Waals surface area contributed by atoms with Gasteiger partial charge in [0.25, 0.3) is 5.91 Å². The molecule has 6 rings (SSSR count). The Kier molecular flexibility index (Phi) is 6.86. The van der Waals surface area contributed by atoms with E-state index in [1.165, 1.54) is 54.0 Å². The van der Waals surface area contributed by atoms with E-state index < -0.39 is 24.5 Å². The molecule has 3 amide bonds. The smallest absolute Gasteiger partial charge is 0.338 e. The fraction of sp³-hybridized carbons (Fsp3) is 0.281. The predicted molar refractivity (Wildman–Crippen MR) is 148 cm³/mol. The summed E-state index contributed by atoms with van der Waals surface area (Å²) in [6.07, 6.45) is 1.82. The van der Waals surface area contributed by atoms with E-state index >= 15 is 0 Å². The van der Waals surface area contributed by atoms with Crippen LogP contribution in [-0.4, -0.2) is 43.4 Å². The first-order valence-electron chi connectivity index (χ1n) is 13.5. The van der Waals surface area contributed by atoms with Crippen LogP contribution in [-0.2, 0) is 23.9 Å². The second-order valence-electron chi connectivity index (χ2n) is 10.7. The van der Waals surface area contributed by atoms with Crippen LogP contribution in [0, 0.1) is 23.7 Å². The van der Waals surface area contributed by atoms with Gasteiger partial charge >= 0.3 is 11.9 Å². The molecule has 0 radical (unpaired) electrons. The highest BCUT2D eigenvalue weighted by molar-refractivity contribution is 6.22. The van der Waals surface area contributed by atoms with E-state index in [2.05, 4.69) is 22.2 Å². The lowest BCUT2D eigenvalue weighted by atomic mass is 9.73. The topological polar surface area (TPSA) is 119 Å². The summed E-state index contributed by atoms with van der Waals surface area (Å²) in [5.74, 6) is -2.05. The number of rotatable bonds is 7. The van der Waals surface area contributed by atoms with Crippen LogP contribution in [0.5, 0.6) is 0 Å². The highest BCUT2D eigenvalue weighted by atomic mass is 16.5. The van der Waals surface area contributed by atoms with Gasteiger partial charge in [-0.25, -0.2) is 9.59 Å². The van der Waals surface area contributed by atoms with Crippen molar-refractivity contribution in [1.29, 1.82) is 0 Å². The molecule has 3 aliphatic rings. The number of fused-ring (bicyclic) bond motifs is 5. The summed E-state index contributed by atoms with van der Waals surface area (Å²) in [6, 6.07) is 22.4. The molecule has 2 saturated carbocycles. The largest absolute Gasteiger partial charge is 0.465 e. The molecule has 0 spiro atoms. The number of carbonyl (C=O) groups excluding carboxylic acids is 5. The summed E-state index contributed by atoms with van der Waals surface area (Å²) in [4.78, 5) is 64.5. The number of carbonyl (C=O) groups is 5.